The van der Waals surface area contributed by atoms with Gasteiger partial charge in [0.05, 0.1) is 0 Å². The maximum Gasteiger partial charge on any atom is 0.242 e. The van der Waals surface area contributed by atoms with Gasteiger partial charge >= 0.3 is 0 Å². The minimum Gasteiger partial charge on any atom is -0.354 e. The Morgan fingerprint density at radius 1 is 1.18 bits per heavy atom. The molecule has 0 spiro atoms. The monoisotopic (exact) mass is 321 g/mol. The summed E-state index contributed by atoms with van der Waals surface area (Å²) in [4.78, 5) is 11.8. The molecule has 0 aliphatic heterocycles. The van der Waals surface area contributed by atoms with Gasteiger partial charge in [-0.2, -0.15) is 0 Å². The number of nitrogens with one attached hydrogen (secondary N) is 3. The van der Waals surface area contributed by atoms with Crippen molar-refractivity contribution in [3.05, 3.63) is 29.8 Å². The molecule has 1 atom stereocenters. The molecule has 0 bridgehead atoms. The van der Waals surface area contributed by atoms with E-state index in [-0.39, 0.29) is 11.9 Å². The van der Waals surface area contributed by atoms with E-state index in [1.165, 1.54) is 18.4 Å². The van der Waals surface area contributed by atoms with Crippen molar-refractivity contribution in [1.29, 1.82) is 0 Å². The molecule has 0 aromatic heterocycles. The summed E-state index contributed by atoms with van der Waals surface area (Å²) in [5.74, 6) is -0.0408. The van der Waals surface area contributed by atoms with Gasteiger partial charge in [0.25, 0.3) is 0 Å². The van der Waals surface area contributed by atoms with Gasteiger partial charge in [0.15, 0.2) is 5.11 Å². The molecule has 4 nitrogen and oxygen atoms in total. The second kappa shape index (κ2) is 10.2. The van der Waals surface area contributed by atoms with Crippen molar-refractivity contribution >= 4 is 28.9 Å². The second-order valence-electron chi connectivity index (χ2n) is 5.41. The van der Waals surface area contributed by atoms with Crippen LogP contribution < -0.4 is 16.0 Å². The van der Waals surface area contributed by atoms with E-state index in [0.29, 0.717) is 11.7 Å². The van der Waals surface area contributed by atoms with Crippen molar-refractivity contribution in [1.82, 2.24) is 10.6 Å². The highest BCUT2D eigenvalue weighted by Crippen LogP contribution is 2.11. The van der Waals surface area contributed by atoms with E-state index in [1.54, 1.807) is 6.92 Å². The number of rotatable bonds is 8. The first-order chi connectivity index (χ1) is 10.6. The van der Waals surface area contributed by atoms with Crippen LogP contribution in [0.2, 0.25) is 0 Å². The third kappa shape index (κ3) is 6.89. The first-order valence-corrected chi connectivity index (χ1v) is 8.41. The van der Waals surface area contributed by atoms with E-state index in [2.05, 4.69) is 35.0 Å². The first kappa shape index (κ1) is 18.4. The Balaban J connectivity index is 2.42. The van der Waals surface area contributed by atoms with Crippen molar-refractivity contribution in [3.8, 4) is 0 Å². The fourth-order valence-electron chi connectivity index (χ4n) is 1.97. The number of carbonyl (C=O) groups is 1. The molecule has 1 aromatic carbocycles. The molecule has 0 saturated carbocycles. The van der Waals surface area contributed by atoms with Crippen LogP contribution in [-0.2, 0) is 11.2 Å². The zero-order valence-electron chi connectivity index (χ0n) is 13.7. The lowest BCUT2D eigenvalue weighted by molar-refractivity contribution is -0.122. The topological polar surface area (TPSA) is 53.2 Å². The van der Waals surface area contributed by atoms with E-state index in [0.717, 1.165) is 18.5 Å². The Bertz CT molecular complexity index is 473. The molecule has 0 heterocycles. The van der Waals surface area contributed by atoms with Crippen LogP contribution in [0, 0.1) is 0 Å². The van der Waals surface area contributed by atoms with Crippen molar-refractivity contribution in [3.63, 3.8) is 0 Å². The third-order valence-electron chi connectivity index (χ3n) is 3.32. The summed E-state index contributed by atoms with van der Waals surface area (Å²) >= 11 is 5.24. The highest BCUT2D eigenvalue weighted by molar-refractivity contribution is 7.80. The molecule has 0 aliphatic carbocycles. The Morgan fingerprint density at radius 3 is 2.45 bits per heavy atom. The Kier molecular flexibility index (Phi) is 8.51. The largest absolute Gasteiger partial charge is 0.354 e. The summed E-state index contributed by atoms with van der Waals surface area (Å²) in [6.07, 6.45) is 4.43. The predicted molar refractivity (Wildman–Crippen MR) is 97.2 cm³/mol. The summed E-state index contributed by atoms with van der Waals surface area (Å²) in [5.41, 5.74) is 2.26. The minimum atomic E-state index is -0.352. The standard InChI is InChI=1S/C17H27N3OS/c1-4-6-7-14-8-10-15(11-9-14)20-17(22)19-13(3)16(21)18-12-5-2/h8-11,13H,4-7,12H2,1-3H3,(H,18,21)(H2,19,20,22)/t13-/m0/s1. The number of hydrogen-bond acceptors (Lipinski definition) is 2. The maximum absolute atomic E-state index is 11.8. The summed E-state index contributed by atoms with van der Waals surface area (Å²) in [6.45, 7) is 6.70. The average Bonchev–Trinajstić information content (AvgIpc) is 2.51. The lowest BCUT2D eigenvalue weighted by Gasteiger charge is -2.16. The number of benzene rings is 1. The lowest BCUT2D eigenvalue weighted by Crippen LogP contribution is -2.46. The Hall–Kier alpha value is -1.62. The zero-order chi connectivity index (χ0) is 16.4. The number of aryl methyl sites for hydroxylation is 1. The molecule has 3 N–H and O–H groups in total. The molecule has 122 valence electrons. The molecule has 0 unspecified atom stereocenters. The van der Waals surface area contributed by atoms with Crippen molar-refractivity contribution in [2.24, 2.45) is 0 Å². The molecule has 0 aliphatic rings. The molecule has 22 heavy (non-hydrogen) atoms. The van der Waals surface area contributed by atoms with Crippen molar-refractivity contribution in [2.75, 3.05) is 11.9 Å². The van der Waals surface area contributed by atoms with Gasteiger partial charge in [-0.25, -0.2) is 0 Å². The van der Waals surface area contributed by atoms with E-state index >= 15 is 0 Å². The van der Waals surface area contributed by atoms with Crippen LogP contribution in [-0.4, -0.2) is 23.6 Å². The number of hydrogen-bond donors (Lipinski definition) is 3. The third-order valence-corrected chi connectivity index (χ3v) is 3.54. The van der Waals surface area contributed by atoms with E-state index < -0.39 is 0 Å². The summed E-state index contributed by atoms with van der Waals surface area (Å²) in [6, 6.07) is 7.90. The van der Waals surface area contributed by atoms with Gasteiger partial charge < -0.3 is 16.0 Å². The molecule has 0 saturated heterocycles. The molecule has 1 aromatic rings. The van der Waals surface area contributed by atoms with Gasteiger partial charge in [0.2, 0.25) is 5.91 Å². The van der Waals surface area contributed by atoms with Gasteiger partial charge in [-0.05, 0) is 56.1 Å². The maximum atomic E-state index is 11.8. The zero-order valence-corrected chi connectivity index (χ0v) is 14.6. The molecule has 5 heteroatoms. The number of carbonyl (C=O) groups excluding carboxylic acids is 1. The highest BCUT2D eigenvalue weighted by atomic mass is 32.1. The van der Waals surface area contributed by atoms with Gasteiger partial charge in [0.1, 0.15) is 6.04 Å². The summed E-state index contributed by atoms with van der Waals surface area (Å²) < 4.78 is 0. The Labute approximate surface area is 139 Å². The fourth-order valence-corrected chi connectivity index (χ4v) is 2.26. The van der Waals surface area contributed by atoms with E-state index in [1.807, 2.05) is 19.1 Å². The number of anilines is 1. The first-order valence-electron chi connectivity index (χ1n) is 8.01. The quantitative estimate of drug-likeness (QED) is 0.644. The van der Waals surface area contributed by atoms with Gasteiger partial charge in [-0.1, -0.05) is 32.4 Å². The van der Waals surface area contributed by atoms with Crippen LogP contribution in [0.25, 0.3) is 0 Å². The fraction of sp³-hybridized carbons (Fsp3) is 0.529. The molecular weight excluding hydrogens is 294 g/mol. The normalized spacial score (nSPS) is 11.6. The molecular formula is C17H27N3OS. The van der Waals surface area contributed by atoms with Crippen molar-refractivity contribution in [2.45, 2.75) is 52.5 Å². The highest BCUT2D eigenvalue weighted by Gasteiger charge is 2.12. The minimum absolute atomic E-state index is 0.0408. The molecule has 0 fully saturated rings. The van der Waals surface area contributed by atoms with Crippen LogP contribution >= 0.6 is 12.2 Å². The number of amides is 1. The summed E-state index contributed by atoms with van der Waals surface area (Å²) in [7, 11) is 0. The number of thiocarbonyl (C=S) groups is 1. The average molecular weight is 321 g/mol. The van der Waals surface area contributed by atoms with Crippen molar-refractivity contribution < 1.29 is 4.79 Å². The SMILES string of the molecule is CCCCc1ccc(NC(=S)N[C@@H](C)C(=O)NCCC)cc1. The van der Waals surface area contributed by atoms with Gasteiger partial charge in [-0.15, -0.1) is 0 Å². The van der Waals surface area contributed by atoms with Crippen LogP contribution in [0.4, 0.5) is 5.69 Å². The molecule has 1 amide bonds. The molecule has 0 radical (unpaired) electrons. The molecule has 1 rings (SSSR count). The van der Waals surface area contributed by atoms with E-state index in [9.17, 15) is 4.79 Å². The van der Waals surface area contributed by atoms with Gasteiger partial charge in [-0.3, -0.25) is 4.79 Å². The van der Waals surface area contributed by atoms with E-state index in [4.69, 9.17) is 12.2 Å². The predicted octanol–water partition coefficient (Wildman–Crippen LogP) is 3.23. The van der Waals surface area contributed by atoms with Gasteiger partial charge in [0, 0.05) is 12.2 Å². The van der Waals surface area contributed by atoms with Crippen LogP contribution in [0.15, 0.2) is 24.3 Å². The summed E-state index contributed by atoms with van der Waals surface area (Å²) in [5, 5.41) is 9.40. The van der Waals surface area contributed by atoms with Crippen LogP contribution in [0.1, 0.15) is 45.6 Å². The smallest absolute Gasteiger partial charge is 0.242 e. The second-order valence-corrected chi connectivity index (χ2v) is 5.82. The van der Waals surface area contributed by atoms with Crippen LogP contribution in [0.3, 0.4) is 0 Å². The Morgan fingerprint density at radius 2 is 1.86 bits per heavy atom. The lowest BCUT2D eigenvalue weighted by atomic mass is 10.1. The number of unbranched alkanes of at least 4 members (excludes halogenated alkanes) is 1. The van der Waals surface area contributed by atoms with Crippen LogP contribution in [0.5, 0.6) is 0 Å².